The van der Waals surface area contributed by atoms with Gasteiger partial charge in [-0.05, 0) is 24.3 Å². The van der Waals surface area contributed by atoms with Crippen molar-refractivity contribution in [1.29, 1.82) is 0 Å². The molecule has 2 aromatic rings. The van der Waals surface area contributed by atoms with Crippen LogP contribution in [0.4, 0.5) is 20.2 Å². The van der Waals surface area contributed by atoms with Crippen LogP contribution in [0, 0.1) is 11.6 Å². The summed E-state index contributed by atoms with van der Waals surface area (Å²) in [6.45, 7) is -0.0278. The quantitative estimate of drug-likeness (QED) is 0.889. The molecule has 0 aromatic heterocycles. The molecule has 5 heteroatoms. The van der Waals surface area contributed by atoms with Crippen LogP contribution in [0.15, 0.2) is 48.5 Å². The van der Waals surface area contributed by atoms with Crippen LogP contribution in [0.1, 0.15) is 0 Å². The molecule has 0 saturated carbocycles. The standard InChI is InChI=1S/C14H12F2N2O/c15-12-7-6-11(8-13(12)16)17-9-14(19)18-10-4-2-1-3-5-10/h1-8,17H,9H2,(H,18,19). The first-order chi connectivity index (χ1) is 9.15. The van der Waals surface area contributed by atoms with Gasteiger partial charge in [-0.15, -0.1) is 0 Å². The van der Waals surface area contributed by atoms with Crippen molar-refractivity contribution in [2.45, 2.75) is 0 Å². The normalized spacial score (nSPS) is 10.0. The zero-order chi connectivity index (χ0) is 13.7. The lowest BCUT2D eigenvalue weighted by Crippen LogP contribution is -2.21. The number of hydrogen-bond acceptors (Lipinski definition) is 2. The fourth-order valence-corrected chi connectivity index (χ4v) is 1.52. The van der Waals surface area contributed by atoms with E-state index in [0.29, 0.717) is 11.4 Å². The first-order valence-corrected chi connectivity index (χ1v) is 5.69. The van der Waals surface area contributed by atoms with Crippen LogP contribution in [0.3, 0.4) is 0 Å². The van der Waals surface area contributed by atoms with E-state index >= 15 is 0 Å². The van der Waals surface area contributed by atoms with Crippen LogP contribution in [0.25, 0.3) is 0 Å². The Labute approximate surface area is 109 Å². The highest BCUT2D eigenvalue weighted by molar-refractivity contribution is 5.93. The van der Waals surface area contributed by atoms with Crippen LogP contribution < -0.4 is 10.6 Å². The second kappa shape index (κ2) is 5.95. The summed E-state index contributed by atoms with van der Waals surface area (Å²) in [5, 5.41) is 5.38. The van der Waals surface area contributed by atoms with Gasteiger partial charge in [0.05, 0.1) is 6.54 Å². The molecule has 2 aromatic carbocycles. The third kappa shape index (κ3) is 3.77. The Hall–Kier alpha value is -2.43. The summed E-state index contributed by atoms with van der Waals surface area (Å²) < 4.78 is 25.6. The summed E-state index contributed by atoms with van der Waals surface area (Å²) in [5.41, 5.74) is 1.03. The summed E-state index contributed by atoms with van der Waals surface area (Å²) in [6, 6.07) is 12.4. The highest BCUT2D eigenvalue weighted by atomic mass is 19.2. The average molecular weight is 262 g/mol. The molecule has 0 bridgehead atoms. The van der Waals surface area contributed by atoms with E-state index in [0.717, 1.165) is 12.1 Å². The molecule has 0 atom stereocenters. The fourth-order valence-electron chi connectivity index (χ4n) is 1.52. The topological polar surface area (TPSA) is 41.1 Å². The monoisotopic (exact) mass is 262 g/mol. The molecule has 0 aliphatic carbocycles. The van der Waals surface area contributed by atoms with Crippen molar-refractivity contribution in [3.05, 3.63) is 60.2 Å². The second-order valence-electron chi connectivity index (χ2n) is 3.90. The Bertz CT molecular complexity index is 573. The first kappa shape index (κ1) is 13.0. The number of amides is 1. The number of para-hydroxylation sites is 1. The molecule has 0 unspecified atom stereocenters. The van der Waals surface area contributed by atoms with Crippen molar-refractivity contribution >= 4 is 17.3 Å². The molecule has 2 N–H and O–H groups in total. The minimum atomic E-state index is -0.950. The summed E-state index contributed by atoms with van der Waals surface area (Å²) in [4.78, 5) is 11.6. The molecule has 0 saturated heterocycles. The number of carbonyl (C=O) groups excluding carboxylic acids is 1. The smallest absolute Gasteiger partial charge is 0.243 e. The van der Waals surface area contributed by atoms with Gasteiger partial charge in [-0.25, -0.2) is 8.78 Å². The van der Waals surface area contributed by atoms with Gasteiger partial charge in [-0.1, -0.05) is 18.2 Å². The molecule has 3 nitrogen and oxygen atoms in total. The van der Waals surface area contributed by atoms with Gasteiger partial charge in [0, 0.05) is 17.4 Å². The highest BCUT2D eigenvalue weighted by Gasteiger charge is 2.04. The third-order valence-electron chi connectivity index (χ3n) is 2.43. The average Bonchev–Trinajstić information content (AvgIpc) is 2.41. The molecule has 0 aliphatic rings. The Balaban J connectivity index is 1.88. The van der Waals surface area contributed by atoms with E-state index < -0.39 is 11.6 Å². The van der Waals surface area contributed by atoms with Crippen molar-refractivity contribution in [1.82, 2.24) is 0 Å². The van der Waals surface area contributed by atoms with E-state index in [9.17, 15) is 13.6 Å². The lowest BCUT2D eigenvalue weighted by atomic mass is 10.3. The minimum Gasteiger partial charge on any atom is -0.376 e. The second-order valence-corrected chi connectivity index (χ2v) is 3.90. The lowest BCUT2D eigenvalue weighted by Gasteiger charge is -2.08. The number of rotatable bonds is 4. The van der Waals surface area contributed by atoms with Gasteiger partial charge < -0.3 is 10.6 Å². The third-order valence-corrected chi connectivity index (χ3v) is 2.43. The van der Waals surface area contributed by atoms with Gasteiger partial charge in [0.25, 0.3) is 0 Å². The van der Waals surface area contributed by atoms with Gasteiger partial charge >= 0.3 is 0 Å². The number of carbonyl (C=O) groups is 1. The van der Waals surface area contributed by atoms with Crippen LogP contribution in [0.5, 0.6) is 0 Å². The maximum absolute atomic E-state index is 12.9. The number of halogens is 2. The van der Waals surface area contributed by atoms with Crippen LogP contribution in [0.2, 0.25) is 0 Å². The first-order valence-electron chi connectivity index (χ1n) is 5.69. The summed E-state index contributed by atoms with van der Waals surface area (Å²) in [6.07, 6.45) is 0. The molecule has 98 valence electrons. The molecule has 2 rings (SSSR count). The number of nitrogens with one attached hydrogen (secondary N) is 2. The Morgan fingerprint density at radius 3 is 2.37 bits per heavy atom. The number of benzene rings is 2. The van der Waals surface area contributed by atoms with E-state index in [1.54, 1.807) is 24.3 Å². The lowest BCUT2D eigenvalue weighted by molar-refractivity contribution is -0.114. The molecule has 1 amide bonds. The largest absolute Gasteiger partial charge is 0.376 e. The molecule has 0 aliphatic heterocycles. The predicted octanol–water partition coefficient (Wildman–Crippen LogP) is 3.02. The van der Waals surface area contributed by atoms with E-state index in [1.807, 2.05) is 6.07 Å². The minimum absolute atomic E-state index is 0.0278. The van der Waals surface area contributed by atoms with E-state index in [1.165, 1.54) is 6.07 Å². The van der Waals surface area contributed by atoms with Crippen molar-refractivity contribution in [3.63, 3.8) is 0 Å². The SMILES string of the molecule is O=C(CNc1ccc(F)c(F)c1)Nc1ccccc1. The van der Waals surface area contributed by atoms with Crippen LogP contribution in [-0.2, 0) is 4.79 Å². The van der Waals surface area contributed by atoms with Gasteiger partial charge in [0.2, 0.25) is 5.91 Å². The molecule has 0 radical (unpaired) electrons. The Kier molecular flexibility index (Phi) is 4.07. The zero-order valence-electron chi connectivity index (χ0n) is 9.99. The zero-order valence-corrected chi connectivity index (χ0v) is 9.99. The van der Waals surface area contributed by atoms with Crippen molar-refractivity contribution in [3.8, 4) is 0 Å². The molecular weight excluding hydrogens is 250 g/mol. The maximum Gasteiger partial charge on any atom is 0.243 e. The van der Waals surface area contributed by atoms with Crippen LogP contribution in [-0.4, -0.2) is 12.5 Å². The molecule has 0 heterocycles. The summed E-state index contributed by atoms with van der Waals surface area (Å²) in [7, 11) is 0. The van der Waals surface area contributed by atoms with Gasteiger partial charge in [0.1, 0.15) is 0 Å². The van der Waals surface area contributed by atoms with Gasteiger partial charge in [0.15, 0.2) is 11.6 Å². The molecule has 19 heavy (non-hydrogen) atoms. The maximum atomic E-state index is 12.9. The molecule has 0 fully saturated rings. The molecular formula is C14H12F2N2O. The Morgan fingerprint density at radius 1 is 0.947 bits per heavy atom. The van der Waals surface area contributed by atoms with Gasteiger partial charge in [-0.2, -0.15) is 0 Å². The van der Waals surface area contributed by atoms with E-state index in [-0.39, 0.29) is 12.5 Å². The van der Waals surface area contributed by atoms with Crippen molar-refractivity contribution in [2.24, 2.45) is 0 Å². The predicted molar refractivity (Wildman–Crippen MR) is 69.9 cm³/mol. The van der Waals surface area contributed by atoms with E-state index in [2.05, 4.69) is 10.6 Å². The molecule has 0 spiro atoms. The number of anilines is 2. The summed E-state index contributed by atoms with van der Waals surface area (Å²) >= 11 is 0. The summed E-state index contributed by atoms with van der Waals surface area (Å²) in [5.74, 6) is -2.14. The number of hydrogen-bond donors (Lipinski definition) is 2. The van der Waals surface area contributed by atoms with Crippen molar-refractivity contribution < 1.29 is 13.6 Å². The highest BCUT2D eigenvalue weighted by Crippen LogP contribution is 2.12. The Morgan fingerprint density at radius 2 is 1.68 bits per heavy atom. The van der Waals surface area contributed by atoms with Crippen LogP contribution >= 0.6 is 0 Å². The van der Waals surface area contributed by atoms with E-state index in [4.69, 9.17) is 0 Å². The van der Waals surface area contributed by atoms with Gasteiger partial charge in [-0.3, -0.25) is 4.79 Å². The fraction of sp³-hybridized carbons (Fsp3) is 0.0714. The van der Waals surface area contributed by atoms with Crippen molar-refractivity contribution in [2.75, 3.05) is 17.2 Å².